The average molecular weight is 185 g/mol. The molecule has 70 valence electrons. The zero-order chi connectivity index (χ0) is 9.80. The van der Waals surface area contributed by atoms with Crippen molar-refractivity contribution in [3.8, 4) is 0 Å². The monoisotopic (exact) mass is 185 g/mol. The summed E-state index contributed by atoms with van der Waals surface area (Å²) in [4.78, 5) is 8.21. The molecule has 1 N–H and O–H groups in total. The lowest BCUT2D eigenvalue weighted by atomic mass is 10.3. The van der Waals surface area contributed by atoms with Crippen molar-refractivity contribution in [1.29, 1.82) is 0 Å². The first-order chi connectivity index (χ1) is 6.84. The highest BCUT2D eigenvalue weighted by Crippen LogP contribution is 2.12. The van der Waals surface area contributed by atoms with E-state index in [2.05, 4.69) is 15.3 Å². The van der Waals surface area contributed by atoms with Crippen LogP contribution in [0.15, 0.2) is 42.9 Å². The summed E-state index contributed by atoms with van der Waals surface area (Å²) in [6, 6.07) is 7.80. The number of pyridine rings is 2. The predicted molar refractivity (Wildman–Crippen MR) is 56.5 cm³/mol. The minimum Gasteiger partial charge on any atom is -0.339 e. The van der Waals surface area contributed by atoms with Gasteiger partial charge in [0, 0.05) is 12.4 Å². The largest absolute Gasteiger partial charge is 0.339 e. The third kappa shape index (κ3) is 2.07. The Balaban J connectivity index is 2.19. The predicted octanol–water partition coefficient (Wildman–Crippen LogP) is 2.53. The Morgan fingerprint density at radius 3 is 2.86 bits per heavy atom. The summed E-state index contributed by atoms with van der Waals surface area (Å²) in [6.45, 7) is 2.04. The fourth-order valence-corrected chi connectivity index (χ4v) is 1.19. The van der Waals surface area contributed by atoms with Crippen LogP contribution in [0.3, 0.4) is 0 Å². The molecule has 2 heterocycles. The number of nitrogens with one attached hydrogen (secondary N) is 1. The van der Waals surface area contributed by atoms with Crippen molar-refractivity contribution in [1.82, 2.24) is 9.97 Å². The Bertz CT molecular complexity index is 412. The van der Waals surface area contributed by atoms with Gasteiger partial charge in [-0.1, -0.05) is 0 Å². The molecular weight excluding hydrogens is 174 g/mol. The van der Waals surface area contributed by atoms with Crippen LogP contribution in [-0.2, 0) is 0 Å². The van der Waals surface area contributed by atoms with E-state index < -0.39 is 0 Å². The van der Waals surface area contributed by atoms with Crippen LogP contribution >= 0.6 is 0 Å². The smallest absolute Gasteiger partial charge is 0.130 e. The molecule has 0 unspecified atom stereocenters. The maximum Gasteiger partial charge on any atom is 0.130 e. The molecule has 3 nitrogen and oxygen atoms in total. The molecule has 0 bridgehead atoms. The van der Waals surface area contributed by atoms with Crippen LogP contribution in [0.4, 0.5) is 11.5 Å². The average Bonchev–Trinajstić information content (AvgIpc) is 2.19. The van der Waals surface area contributed by atoms with Crippen molar-refractivity contribution in [2.45, 2.75) is 6.92 Å². The molecular formula is C11H11N3. The fourth-order valence-electron chi connectivity index (χ4n) is 1.19. The normalized spacial score (nSPS) is 9.79. The highest BCUT2D eigenvalue weighted by Gasteiger charge is 1.94. The summed E-state index contributed by atoms with van der Waals surface area (Å²) in [6.07, 6.45) is 5.30. The van der Waals surface area contributed by atoms with E-state index in [-0.39, 0.29) is 0 Å². The first-order valence-electron chi connectivity index (χ1n) is 4.44. The van der Waals surface area contributed by atoms with E-state index in [1.165, 1.54) is 5.56 Å². The first-order valence-corrected chi connectivity index (χ1v) is 4.44. The summed E-state index contributed by atoms with van der Waals surface area (Å²) in [5.41, 5.74) is 2.14. The Hall–Kier alpha value is -1.90. The van der Waals surface area contributed by atoms with Gasteiger partial charge in [-0.2, -0.15) is 0 Å². The first kappa shape index (κ1) is 8.69. The van der Waals surface area contributed by atoms with E-state index in [1.807, 2.05) is 31.2 Å². The number of hydrogen-bond acceptors (Lipinski definition) is 3. The Morgan fingerprint density at radius 1 is 1.21 bits per heavy atom. The standard InChI is InChI=1S/C11H11N3/c1-9-4-6-13-11(7-9)14-10-3-2-5-12-8-10/h2-8H,1H3,(H,13,14). The van der Waals surface area contributed by atoms with Gasteiger partial charge in [0.2, 0.25) is 0 Å². The molecule has 0 saturated carbocycles. The van der Waals surface area contributed by atoms with E-state index in [0.717, 1.165) is 11.5 Å². The molecule has 14 heavy (non-hydrogen) atoms. The summed E-state index contributed by atoms with van der Waals surface area (Å²) in [7, 11) is 0. The topological polar surface area (TPSA) is 37.8 Å². The second-order valence-corrected chi connectivity index (χ2v) is 3.09. The van der Waals surface area contributed by atoms with Crippen LogP contribution in [0.25, 0.3) is 0 Å². The van der Waals surface area contributed by atoms with Crippen LogP contribution in [0.5, 0.6) is 0 Å². The van der Waals surface area contributed by atoms with Crippen LogP contribution in [0, 0.1) is 6.92 Å². The quantitative estimate of drug-likeness (QED) is 0.781. The lowest BCUT2D eigenvalue weighted by Crippen LogP contribution is -1.93. The summed E-state index contributed by atoms with van der Waals surface area (Å²) < 4.78 is 0. The molecule has 3 heteroatoms. The van der Waals surface area contributed by atoms with Crippen LogP contribution in [0.1, 0.15) is 5.56 Å². The number of anilines is 2. The van der Waals surface area contributed by atoms with E-state index >= 15 is 0 Å². The molecule has 2 rings (SSSR count). The number of aryl methyl sites for hydroxylation is 1. The van der Waals surface area contributed by atoms with Gasteiger partial charge in [-0.25, -0.2) is 4.98 Å². The maximum absolute atomic E-state index is 4.20. The molecule has 0 atom stereocenters. The zero-order valence-electron chi connectivity index (χ0n) is 7.94. The number of aromatic nitrogens is 2. The Morgan fingerprint density at radius 2 is 2.14 bits per heavy atom. The number of rotatable bonds is 2. The molecule has 0 spiro atoms. The van der Waals surface area contributed by atoms with Crippen molar-refractivity contribution in [3.63, 3.8) is 0 Å². The third-order valence-corrected chi connectivity index (χ3v) is 1.85. The summed E-state index contributed by atoms with van der Waals surface area (Å²) in [5, 5.41) is 3.17. The van der Waals surface area contributed by atoms with Gasteiger partial charge in [0.1, 0.15) is 5.82 Å². The summed E-state index contributed by atoms with van der Waals surface area (Å²) in [5.74, 6) is 0.845. The van der Waals surface area contributed by atoms with E-state index in [9.17, 15) is 0 Å². The lowest BCUT2D eigenvalue weighted by molar-refractivity contribution is 1.26. The van der Waals surface area contributed by atoms with E-state index in [4.69, 9.17) is 0 Å². The second-order valence-electron chi connectivity index (χ2n) is 3.09. The van der Waals surface area contributed by atoms with Gasteiger partial charge in [0.25, 0.3) is 0 Å². The van der Waals surface area contributed by atoms with Crippen LogP contribution in [-0.4, -0.2) is 9.97 Å². The van der Waals surface area contributed by atoms with E-state index in [1.54, 1.807) is 18.6 Å². The van der Waals surface area contributed by atoms with Crippen molar-refractivity contribution < 1.29 is 0 Å². The fraction of sp³-hybridized carbons (Fsp3) is 0.0909. The number of hydrogen-bond donors (Lipinski definition) is 1. The molecule has 2 aromatic heterocycles. The van der Waals surface area contributed by atoms with Crippen LogP contribution in [0.2, 0.25) is 0 Å². The maximum atomic E-state index is 4.20. The van der Waals surface area contributed by atoms with Crippen molar-refractivity contribution >= 4 is 11.5 Å². The lowest BCUT2D eigenvalue weighted by Gasteiger charge is -2.04. The Labute approximate surface area is 82.8 Å². The van der Waals surface area contributed by atoms with Gasteiger partial charge in [0.05, 0.1) is 11.9 Å². The van der Waals surface area contributed by atoms with Gasteiger partial charge in [-0.05, 0) is 36.8 Å². The molecule has 2 aromatic rings. The van der Waals surface area contributed by atoms with Crippen molar-refractivity contribution in [2.24, 2.45) is 0 Å². The summed E-state index contributed by atoms with van der Waals surface area (Å²) >= 11 is 0. The van der Waals surface area contributed by atoms with Crippen LogP contribution < -0.4 is 5.32 Å². The van der Waals surface area contributed by atoms with Gasteiger partial charge in [0.15, 0.2) is 0 Å². The zero-order valence-corrected chi connectivity index (χ0v) is 7.94. The minimum absolute atomic E-state index is 0.845. The molecule has 0 aromatic carbocycles. The highest BCUT2D eigenvalue weighted by atomic mass is 15.0. The van der Waals surface area contributed by atoms with Crippen molar-refractivity contribution in [3.05, 3.63) is 48.4 Å². The molecule has 0 radical (unpaired) electrons. The SMILES string of the molecule is Cc1ccnc(Nc2cccnc2)c1. The third-order valence-electron chi connectivity index (χ3n) is 1.85. The molecule has 0 amide bonds. The number of nitrogens with zero attached hydrogens (tertiary/aromatic N) is 2. The molecule has 0 aliphatic rings. The second kappa shape index (κ2) is 3.87. The highest BCUT2D eigenvalue weighted by molar-refractivity contribution is 5.54. The molecule has 0 saturated heterocycles. The van der Waals surface area contributed by atoms with Gasteiger partial charge < -0.3 is 5.32 Å². The van der Waals surface area contributed by atoms with Crippen molar-refractivity contribution in [2.75, 3.05) is 5.32 Å². The van der Waals surface area contributed by atoms with Gasteiger partial charge in [-0.3, -0.25) is 4.98 Å². The van der Waals surface area contributed by atoms with Gasteiger partial charge >= 0.3 is 0 Å². The molecule has 0 aliphatic heterocycles. The molecule has 0 fully saturated rings. The van der Waals surface area contributed by atoms with E-state index in [0.29, 0.717) is 0 Å². The minimum atomic E-state index is 0.845. The van der Waals surface area contributed by atoms with Gasteiger partial charge in [-0.15, -0.1) is 0 Å². The Kier molecular flexibility index (Phi) is 2.40. The molecule has 0 aliphatic carbocycles.